The predicted octanol–water partition coefficient (Wildman–Crippen LogP) is 2.82. The van der Waals surface area contributed by atoms with E-state index < -0.39 is 34.0 Å². The zero-order valence-electron chi connectivity index (χ0n) is 13.8. The van der Waals surface area contributed by atoms with E-state index in [0.29, 0.717) is 22.5 Å². The molecule has 0 aromatic heterocycles. The minimum atomic E-state index is -5.95. The highest BCUT2D eigenvalue weighted by Gasteiger charge is 2.53. The summed E-state index contributed by atoms with van der Waals surface area (Å²) in [7, 11) is -5.95. The Kier molecular flexibility index (Phi) is 4.78. The maximum atomic E-state index is 13.7. The van der Waals surface area contributed by atoms with E-state index in [1.165, 1.54) is 0 Å². The van der Waals surface area contributed by atoms with E-state index in [1.807, 2.05) is 0 Å². The molecule has 0 atom stereocenters. The lowest BCUT2D eigenvalue weighted by Gasteiger charge is -2.56. The summed E-state index contributed by atoms with van der Waals surface area (Å²) in [5, 5.41) is 0. The first kappa shape index (κ1) is 19.8. The monoisotopic (exact) mass is 405 g/mol. The number of alkyl halides is 5. The fourth-order valence-corrected chi connectivity index (χ4v) is 5.67. The van der Waals surface area contributed by atoms with Gasteiger partial charge in [0.15, 0.2) is 0 Å². The standard InChI is InChI=1S/C15H20F5NO4S/c16-14(17,7-21-26(23,24)15(18,19)20)12(22)25-8-13-4-9-1-10(5-13)3-11(2-9)6-13/h9-11,21H,1-8H2. The Balaban J connectivity index is 1.56. The molecule has 1 N–H and O–H groups in total. The second kappa shape index (κ2) is 6.29. The number of rotatable bonds is 6. The van der Waals surface area contributed by atoms with Crippen LogP contribution in [0.25, 0.3) is 0 Å². The molecule has 26 heavy (non-hydrogen) atoms. The first-order valence-corrected chi connectivity index (χ1v) is 9.91. The number of halogens is 5. The van der Waals surface area contributed by atoms with Gasteiger partial charge in [-0.3, -0.25) is 0 Å². The van der Waals surface area contributed by atoms with Crippen molar-refractivity contribution in [2.45, 2.75) is 50.0 Å². The predicted molar refractivity (Wildman–Crippen MR) is 79.5 cm³/mol. The van der Waals surface area contributed by atoms with Gasteiger partial charge in [-0.05, 0) is 56.3 Å². The van der Waals surface area contributed by atoms with Crippen molar-refractivity contribution in [1.29, 1.82) is 0 Å². The molecular formula is C15H20F5NO4S. The minimum absolute atomic E-state index is 0.197. The van der Waals surface area contributed by atoms with Gasteiger partial charge in [-0.15, -0.1) is 0 Å². The van der Waals surface area contributed by atoms with Crippen LogP contribution in [0.1, 0.15) is 38.5 Å². The highest BCUT2D eigenvalue weighted by Crippen LogP contribution is 2.60. The van der Waals surface area contributed by atoms with Gasteiger partial charge in [0, 0.05) is 5.41 Å². The highest BCUT2D eigenvalue weighted by atomic mass is 32.2. The van der Waals surface area contributed by atoms with Gasteiger partial charge in [0.05, 0.1) is 13.2 Å². The molecule has 5 nitrogen and oxygen atoms in total. The minimum Gasteiger partial charge on any atom is -0.461 e. The third-order valence-electron chi connectivity index (χ3n) is 5.76. The van der Waals surface area contributed by atoms with Crippen molar-refractivity contribution in [3.63, 3.8) is 0 Å². The second-order valence-corrected chi connectivity index (χ2v) is 9.73. The summed E-state index contributed by atoms with van der Waals surface area (Å²) in [5.74, 6) is -4.84. The Morgan fingerprint density at radius 3 is 1.88 bits per heavy atom. The summed E-state index contributed by atoms with van der Waals surface area (Å²) in [4.78, 5) is 11.6. The van der Waals surface area contributed by atoms with Crippen LogP contribution in [0.3, 0.4) is 0 Å². The molecule has 4 bridgehead atoms. The van der Waals surface area contributed by atoms with Crippen molar-refractivity contribution in [1.82, 2.24) is 4.72 Å². The van der Waals surface area contributed by atoms with E-state index in [2.05, 4.69) is 0 Å². The molecule has 0 radical (unpaired) electrons. The van der Waals surface area contributed by atoms with Crippen LogP contribution in [0, 0.1) is 23.2 Å². The molecule has 0 heterocycles. The smallest absolute Gasteiger partial charge is 0.461 e. The zero-order valence-corrected chi connectivity index (χ0v) is 14.6. The first-order chi connectivity index (χ1) is 11.8. The summed E-state index contributed by atoms with van der Waals surface area (Å²) in [6, 6.07) is 0. The molecule has 4 saturated carbocycles. The lowest BCUT2D eigenvalue weighted by Crippen LogP contribution is -2.50. The quantitative estimate of drug-likeness (QED) is 0.545. The van der Waals surface area contributed by atoms with Crippen LogP contribution in [0.2, 0.25) is 0 Å². The van der Waals surface area contributed by atoms with Crippen LogP contribution < -0.4 is 4.72 Å². The maximum absolute atomic E-state index is 13.7. The number of sulfonamides is 1. The maximum Gasteiger partial charge on any atom is 0.511 e. The van der Waals surface area contributed by atoms with Gasteiger partial charge < -0.3 is 4.74 Å². The SMILES string of the molecule is O=C(OCC12CC3CC(CC(C3)C1)C2)C(F)(F)CNS(=O)(=O)C(F)(F)F. The van der Waals surface area contributed by atoms with E-state index >= 15 is 0 Å². The fourth-order valence-electron chi connectivity index (χ4n) is 5.13. The Morgan fingerprint density at radius 1 is 1.00 bits per heavy atom. The molecule has 0 unspecified atom stereocenters. The van der Waals surface area contributed by atoms with Crippen molar-refractivity contribution in [3.8, 4) is 0 Å². The average molecular weight is 405 g/mol. The van der Waals surface area contributed by atoms with Crippen LogP contribution in [-0.4, -0.2) is 39.0 Å². The molecular weight excluding hydrogens is 385 g/mol. The van der Waals surface area contributed by atoms with Crippen LogP contribution in [0.15, 0.2) is 0 Å². The van der Waals surface area contributed by atoms with Gasteiger partial charge in [-0.1, -0.05) is 0 Å². The van der Waals surface area contributed by atoms with Crippen LogP contribution >= 0.6 is 0 Å². The zero-order chi connectivity index (χ0) is 19.4. The van der Waals surface area contributed by atoms with E-state index in [0.717, 1.165) is 38.5 Å². The third-order valence-corrected chi connectivity index (χ3v) is 6.90. The summed E-state index contributed by atoms with van der Waals surface area (Å²) in [5.41, 5.74) is -6.06. The number of ether oxygens (including phenoxy) is 1. The molecule has 4 rings (SSSR count). The normalized spacial score (nSPS) is 34.1. The number of carbonyl (C=O) groups is 1. The van der Waals surface area contributed by atoms with Gasteiger partial charge in [-0.2, -0.15) is 22.0 Å². The van der Waals surface area contributed by atoms with E-state index in [4.69, 9.17) is 4.74 Å². The van der Waals surface area contributed by atoms with Crippen molar-refractivity contribution in [2.75, 3.05) is 13.2 Å². The molecule has 0 amide bonds. The van der Waals surface area contributed by atoms with Crippen LogP contribution in [-0.2, 0) is 19.6 Å². The number of carbonyl (C=O) groups excluding carboxylic acids is 1. The van der Waals surface area contributed by atoms with Gasteiger partial charge in [0.1, 0.15) is 0 Å². The Bertz CT molecular complexity index is 641. The summed E-state index contributed by atoms with van der Waals surface area (Å²) < 4.78 is 91.0. The molecule has 0 aromatic carbocycles. The van der Waals surface area contributed by atoms with Crippen molar-refractivity contribution >= 4 is 16.0 Å². The van der Waals surface area contributed by atoms with Crippen LogP contribution in [0.5, 0.6) is 0 Å². The average Bonchev–Trinajstić information content (AvgIpc) is 2.48. The Labute approximate surface area is 147 Å². The second-order valence-electron chi connectivity index (χ2n) is 7.97. The number of nitrogens with one attached hydrogen (secondary N) is 1. The molecule has 0 saturated heterocycles. The largest absolute Gasteiger partial charge is 0.511 e. The first-order valence-electron chi connectivity index (χ1n) is 8.43. The summed E-state index contributed by atoms with van der Waals surface area (Å²) >= 11 is 0. The molecule has 4 aliphatic rings. The molecule has 0 spiro atoms. The third kappa shape index (κ3) is 3.83. The van der Waals surface area contributed by atoms with Gasteiger partial charge in [-0.25, -0.2) is 17.9 Å². The number of esters is 1. The molecule has 150 valence electrons. The van der Waals surface area contributed by atoms with E-state index in [1.54, 1.807) is 0 Å². The van der Waals surface area contributed by atoms with Gasteiger partial charge >= 0.3 is 27.4 Å². The topological polar surface area (TPSA) is 72.5 Å². The van der Waals surface area contributed by atoms with Gasteiger partial charge in [0.25, 0.3) is 0 Å². The Morgan fingerprint density at radius 2 is 1.46 bits per heavy atom. The van der Waals surface area contributed by atoms with Crippen LogP contribution in [0.4, 0.5) is 22.0 Å². The van der Waals surface area contributed by atoms with Crippen molar-refractivity contribution < 1.29 is 39.9 Å². The lowest BCUT2D eigenvalue weighted by atomic mass is 9.50. The Hall–Kier alpha value is -0.970. The highest BCUT2D eigenvalue weighted by molar-refractivity contribution is 7.90. The molecule has 0 aromatic rings. The van der Waals surface area contributed by atoms with E-state index in [9.17, 15) is 35.2 Å². The summed E-state index contributed by atoms with van der Waals surface area (Å²) in [6.45, 7) is -2.19. The lowest BCUT2D eigenvalue weighted by molar-refractivity contribution is -0.180. The number of hydrogen-bond acceptors (Lipinski definition) is 4. The molecule has 4 aliphatic carbocycles. The molecule has 4 fully saturated rings. The molecule has 0 aliphatic heterocycles. The van der Waals surface area contributed by atoms with Gasteiger partial charge in [0.2, 0.25) is 0 Å². The van der Waals surface area contributed by atoms with E-state index in [-0.39, 0.29) is 12.0 Å². The number of hydrogen-bond donors (Lipinski definition) is 1. The van der Waals surface area contributed by atoms with Crippen molar-refractivity contribution in [3.05, 3.63) is 0 Å². The molecule has 11 heteroatoms. The van der Waals surface area contributed by atoms with Crippen molar-refractivity contribution in [2.24, 2.45) is 23.2 Å². The fraction of sp³-hybridized carbons (Fsp3) is 0.933. The summed E-state index contributed by atoms with van der Waals surface area (Å²) in [6.07, 6.45) is 5.75.